The zero-order chi connectivity index (χ0) is 13.7. The summed E-state index contributed by atoms with van der Waals surface area (Å²) in [6, 6.07) is 4.43. The normalized spacial score (nSPS) is 10.5. The molecular formula is C12H13BrFN3OS. The Hall–Kier alpha value is -1.21. The minimum atomic E-state index is -0.342. The quantitative estimate of drug-likeness (QED) is 0.863. The summed E-state index contributed by atoms with van der Waals surface area (Å²) in [6.45, 7) is 3.21. The molecule has 1 heterocycles. The summed E-state index contributed by atoms with van der Waals surface area (Å²) < 4.78 is 23.2. The third-order valence-electron chi connectivity index (χ3n) is 2.30. The molecule has 0 unspecified atom stereocenters. The van der Waals surface area contributed by atoms with E-state index in [4.69, 9.17) is 4.74 Å². The number of aromatic nitrogens is 2. The number of hydrogen-bond acceptors (Lipinski definition) is 5. The van der Waals surface area contributed by atoms with Crippen LogP contribution < -0.4 is 10.1 Å². The highest BCUT2D eigenvalue weighted by molar-refractivity contribution is 9.10. The van der Waals surface area contributed by atoms with Crippen LogP contribution in [-0.2, 0) is 6.61 Å². The van der Waals surface area contributed by atoms with E-state index in [0.717, 1.165) is 23.7 Å². The molecule has 2 rings (SSSR count). The molecule has 1 aromatic heterocycles. The van der Waals surface area contributed by atoms with Crippen molar-refractivity contribution >= 4 is 32.5 Å². The van der Waals surface area contributed by atoms with Gasteiger partial charge in [0.2, 0.25) is 0 Å². The average molecular weight is 346 g/mol. The third-order valence-corrected chi connectivity index (χ3v) is 3.49. The molecule has 0 saturated carbocycles. The molecule has 0 atom stereocenters. The second-order valence-electron chi connectivity index (χ2n) is 3.87. The van der Waals surface area contributed by atoms with Crippen molar-refractivity contribution < 1.29 is 9.13 Å². The van der Waals surface area contributed by atoms with Gasteiger partial charge in [-0.25, -0.2) is 4.39 Å². The van der Waals surface area contributed by atoms with Crippen LogP contribution in [0.3, 0.4) is 0 Å². The molecule has 0 bridgehead atoms. The predicted molar refractivity (Wildman–Crippen MR) is 77.1 cm³/mol. The molecule has 0 aliphatic heterocycles. The lowest BCUT2D eigenvalue weighted by Gasteiger charge is -2.07. The maximum absolute atomic E-state index is 13.2. The number of halogens is 2. The number of rotatable bonds is 6. The van der Waals surface area contributed by atoms with Crippen LogP contribution >= 0.6 is 27.5 Å². The van der Waals surface area contributed by atoms with E-state index in [1.165, 1.54) is 23.7 Å². The summed E-state index contributed by atoms with van der Waals surface area (Å²) in [5, 5.41) is 8.14. The van der Waals surface area contributed by atoms with Gasteiger partial charge in [0.15, 0.2) is 0 Å². The molecule has 19 heavy (non-hydrogen) atoms. The Morgan fingerprint density at radius 1 is 1.42 bits per heavy atom. The van der Waals surface area contributed by atoms with Gasteiger partial charge in [-0.05, 0) is 18.6 Å². The van der Waals surface area contributed by atoms with Gasteiger partial charge in [0.1, 0.15) is 28.9 Å². The fourth-order valence-corrected chi connectivity index (χ4v) is 2.48. The van der Waals surface area contributed by atoms with Gasteiger partial charge < -0.3 is 10.1 Å². The summed E-state index contributed by atoms with van der Waals surface area (Å²) in [7, 11) is 0. The SMILES string of the molecule is CCCNc1snnc1COc1cc(F)cc(Br)c1. The summed E-state index contributed by atoms with van der Waals surface area (Å²) in [5.41, 5.74) is 0.735. The minimum absolute atomic E-state index is 0.262. The standard InChI is InChI=1S/C12H13BrFN3OS/c1-2-3-15-12-11(16-17-19-12)7-18-10-5-8(13)4-9(14)6-10/h4-6,15H,2-3,7H2,1H3. The van der Waals surface area contributed by atoms with Gasteiger partial charge in [-0.3, -0.25) is 0 Å². The molecule has 0 aliphatic carbocycles. The number of benzene rings is 1. The van der Waals surface area contributed by atoms with Crippen molar-refractivity contribution in [2.75, 3.05) is 11.9 Å². The zero-order valence-corrected chi connectivity index (χ0v) is 12.7. The highest BCUT2D eigenvalue weighted by Gasteiger charge is 2.08. The van der Waals surface area contributed by atoms with E-state index in [1.807, 2.05) is 0 Å². The zero-order valence-electron chi connectivity index (χ0n) is 10.3. The molecule has 1 N–H and O–H groups in total. The molecule has 0 aliphatic rings. The van der Waals surface area contributed by atoms with Crippen molar-refractivity contribution in [3.63, 3.8) is 0 Å². The monoisotopic (exact) mass is 345 g/mol. The highest BCUT2D eigenvalue weighted by atomic mass is 79.9. The fourth-order valence-electron chi connectivity index (χ4n) is 1.44. The van der Waals surface area contributed by atoms with Crippen molar-refractivity contribution in [1.29, 1.82) is 0 Å². The molecular weight excluding hydrogens is 333 g/mol. The predicted octanol–water partition coefficient (Wildman–Crippen LogP) is 3.84. The molecule has 0 spiro atoms. The summed E-state index contributed by atoms with van der Waals surface area (Å²) in [5.74, 6) is 0.117. The average Bonchev–Trinajstić information content (AvgIpc) is 2.80. The Morgan fingerprint density at radius 3 is 3.00 bits per heavy atom. The highest BCUT2D eigenvalue weighted by Crippen LogP contribution is 2.23. The van der Waals surface area contributed by atoms with Crippen molar-refractivity contribution in [2.45, 2.75) is 20.0 Å². The molecule has 0 amide bonds. The van der Waals surface area contributed by atoms with E-state index < -0.39 is 0 Å². The van der Waals surface area contributed by atoms with Gasteiger partial charge in [0.05, 0.1) is 0 Å². The van der Waals surface area contributed by atoms with Crippen LogP contribution in [-0.4, -0.2) is 16.1 Å². The Labute approximate surface area is 123 Å². The van der Waals surface area contributed by atoms with E-state index >= 15 is 0 Å². The first-order valence-corrected chi connectivity index (χ1v) is 7.39. The Balaban J connectivity index is 2.00. The largest absolute Gasteiger partial charge is 0.487 e. The smallest absolute Gasteiger partial charge is 0.136 e. The Bertz CT molecular complexity index is 529. The number of hydrogen-bond donors (Lipinski definition) is 1. The van der Waals surface area contributed by atoms with Crippen LogP contribution in [0.1, 0.15) is 19.0 Å². The molecule has 0 fully saturated rings. The molecule has 2 aromatic rings. The second kappa shape index (κ2) is 6.81. The first kappa shape index (κ1) is 14.2. The third kappa shape index (κ3) is 4.14. The van der Waals surface area contributed by atoms with Crippen LogP contribution in [0.2, 0.25) is 0 Å². The van der Waals surface area contributed by atoms with Crippen molar-refractivity contribution in [2.24, 2.45) is 0 Å². The maximum Gasteiger partial charge on any atom is 0.136 e. The molecule has 102 valence electrons. The number of ether oxygens (including phenoxy) is 1. The van der Waals surface area contributed by atoms with Crippen LogP contribution in [0.15, 0.2) is 22.7 Å². The number of nitrogens with zero attached hydrogens (tertiary/aromatic N) is 2. The molecule has 1 aromatic carbocycles. The van der Waals surface area contributed by atoms with Gasteiger partial charge in [-0.2, -0.15) is 0 Å². The van der Waals surface area contributed by atoms with Crippen LogP contribution in [0.25, 0.3) is 0 Å². The molecule has 7 heteroatoms. The summed E-state index contributed by atoms with van der Waals surface area (Å²) >= 11 is 4.52. The lowest BCUT2D eigenvalue weighted by molar-refractivity contribution is 0.300. The Morgan fingerprint density at radius 2 is 2.26 bits per heavy atom. The minimum Gasteiger partial charge on any atom is -0.487 e. The van der Waals surface area contributed by atoms with Crippen molar-refractivity contribution in [3.05, 3.63) is 34.2 Å². The van der Waals surface area contributed by atoms with Crippen LogP contribution in [0.5, 0.6) is 5.75 Å². The topological polar surface area (TPSA) is 47.0 Å². The van der Waals surface area contributed by atoms with E-state index in [0.29, 0.717) is 10.2 Å². The first-order chi connectivity index (χ1) is 9.19. The van der Waals surface area contributed by atoms with Gasteiger partial charge in [0.25, 0.3) is 0 Å². The van der Waals surface area contributed by atoms with E-state index in [2.05, 4.69) is 37.8 Å². The number of anilines is 1. The van der Waals surface area contributed by atoms with Crippen LogP contribution in [0, 0.1) is 5.82 Å². The maximum atomic E-state index is 13.2. The lowest BCUT2D eigenvalue weighted by atomic mass is 10.3. The van der Waals surface area contributed by atoms with Gasteiger partial charge in [-0.15, -0.1) is 5.10 Å². The van der Waals surface area contributed by atoms with Gasteiger partial charge in [0, 0.05) is 28.6 Å². The summed E-state index contributed by atoms with van der Waals surface area (Å²) in [6.07, 6.45) is 1.02. The number of nitrogens with one attached hydrogen (secondary N) is 1. The fraction of sp³-hybridized carbons (Fsp3) is 0.333. The molecule has 4 nitrogen and oxygen atoms in total. The second-order valence-corrected chi connectivity index (χ2v) is 5.54. The summed E-state index contributed by atoms with van der Waals surface area (Å²) in [4.78, 5) is 0. The van der Waals surface area contributed by atoms with Gasteiger partial charge in [-0.1, -0.05) is 27.3 Å². The molecule has 0 radical (unpaired) electrons. The van der Waals surface area contributed by atoms with E-state index in [-0.39, 0.29) is 12.4 Å². The van der Waals surface area contributed by atoms with Crippen LogP contribution in [0.4, 0.5) is 9.39 Å². The first-order valence-electron chi connectivity index (χ1n) is 5.83. The van der Waals surface area contributed by atoms with E-state index in [1.54, 1.807) is 6.07 Å². The Kier molecular flexibility index (Phi) is 5.09. The van der Waals surface area contributed by atoms with Crippen molar-refractivity contribution in [3.8, 4) is 5.75 Å². The van der Waals surface area contributed by atoms with Gasteiger partial charge >= 0.3 is 0 Å². The lowest BCUT2D eigenvalue weighted by Crippen LogP contribution is -2.03. The molecule has 0 saturated heterocycles. The van der Waals surface area contributed by atoms with Crippen molar-refractivity contribution in [1.82, 2.24) is 9.59 Å². The van der Waals surface area contributed by atoms with E-state index in [9.17, 15) is 4.39 Å².